The molecule has 1 aromatic carbocycles. The monoisotopic (exact) mass is 190 g/mol. The zero-order chi connectivity index (χ0) is 10.1. The highest BCUT2D eigenvalue weighted by molar-refractivity contribution is 5.99. The molecule has 14 heavy (non-hydrogen) atoms. The molecule has 0 aromatic heterocycles. The van der Waals surface area contributed by atoms with Gasteiger partial charge >= 0.3 is 0 Å². The maximum absolute atomic E-state index is 11.2. The number of anilines is 1. The van der Waals surface area contributed by atoms with E-state index in [4.69, 9.17) is 11.5 Å². The number of aryl methyl sites for hydroxylation is 1. The average molecular weight is 190 g/mol. The van der Waals surface area contributed by atoms with Crippen molar-refractivity contribution in [2.45, 2.75) is 25.7 Å². The maximum atomic E-state index is 11.2. The van der Waals surface area contributed by atoms with Gasteiger partial charge in [-0.15, -0.1) is 0 Å². The van der Waals surface area contributed by atoms with Gasteiger partial charge in [0, 0.05) is 5.69 Å². The van der Waals surface area contributed by atoms with E-state index < -0.39 is 5.91 Å². The molecule has 2 rings (SSSR count). The van der Waals surface area contributed by atoms with Gasteiger partial charge in [0.05, 0.1) is 5.56 Å². The summed E-state index contributed by atoms with van der Waals surface area (Å²) in [5, 5.41) is 0. The van der Waals surface area contributed by atoms with Crippen molar-refractivity contribution in [1.82, 2.24) is 0 Å². The summed E-state index contributed by atoms with van der Waals surface area (Å²) in [5.74, 6) is -0.402. The molecule has 3 heteroatoms. The van der Waals surface area contributed by atoms with Gasteiger partial charge in [0.1, 0.15) is 0 Å². The number of rotatable bonds is 1. The topological polar surface area (TPSA) is 69.1 Å². The second-order valence-corrected chi connectivity index (χ2v) is 3.74. The minimum atomic E-state index is -0.402. The molecule has 0 radical (unpaired) electrons. The Morgan fingerprint density at radius 1 is 1.21 bits per heavy atom. The SMILES string of the molecule is NC(=O)c1c(N)ccc2c1CCCC2. The Morgan fingerprint density at radius 2 is 1.93 bits per heavy atom. The van der Waals surface area contributed by atoms with Crippen LogP contribution >= 0.6 is 0 Å². The van der Waals surface area contributed by atoms with Crippen molar-refractivity contribution in [3.05, 3.63) is 28.8 Å². The smallest absolute Gasteiger partial charge is 0.251 e. The summed E-state index contributed by atoms with van der Waals surface area (Å²) in [7, 11) is 0. The van der Waals surface area contributed by atoms with Gasteiger partial charge in [-0.3, -0.25) is 4.79 Å². The summed E-state index contributed by atoms with van der Waals surface area (Å²) < 4.78 is 0. The third-order valence-electron chi connectivity index (χ3n) is 2.81. The molecule has 1 aliphatic rings. The van der Waals surface area contributed by atoms with E-state index in [1.165, 1.54) is 12.0 Å². The first-order valence-corrected chi connectivity index (χ1v) is 4.90. The zero-order valence-electron chi connectivity index (χ0n) is 8.05. The van der Waals surface area contributed by atoms with Crippen LogP contribution in [-0.4, -0.2) is 5.91 Å². The van der Waals surface area contributed by atoms with Crippen LogP contribution in [0.25, 0.3) is 0 Å². The summed E-state index contributed by atoms with van der Waals surface area (Å²) in [6.45, 7) is 0. The fraction of sp³-hybridized carbons (Fsp3) is 0.364. The Morgan fingerprint density at radius 3 is 2.64 bits per heavy atom. The summed E-state index contributed by atoms with van der Waals surface area (Å²) >= 11 is 0. The van der Waals surface area contributed by atoms with Crippen LogP contribution in [0.2, 0.25) is 0 Å². The number of fused-ring (bicyclic) bond motifs is 1. The number of benzene rings is 1. The molecule has 4 N–H and O–H groups in total. The van der Waals surface area contributed by atoms with Gasteiger partial charge in [-0.05, 0) is 42.9 Å². The van der Waals surface area contributed by atoms with Crippen LogP contribution in [-0.2, 0) is 12.8 Å². The highest BCUT2D eigenvalue weighted by atomic mass is 16.1. The van der Waals surface area contributed by atoms with Crippen LogP contribution in [0.15, 0.2) is 12.1 Å². The molecule has 0 fully saturated rings. The van der Waals surface area contributed by atoms with Crippen molar-refractivity contribution in [2.24, 2.45) is 5.73 Å². The largest absolute Gasteiger partial charge is 0.398 e. The number of primary amides is 1. The van der Waals surface area contributed by atoms with Crippen LogP contribution in [0.3, 0.4) is 0 Å². The molecule has 0 saturated carbocycles. The lowest BCUT2D eigenvalue weighted by molar-refractivity contribution is 0.1000. The third-order valence-corrected chi connectivity index (χ3v) is 2.81. The van der Waals surface area contributed by atoms with Crippen LogP contribution in [0.5, 0.6) is 0 Å². The van der Waals surface area contributed by atoms with Crippen molar-refractivity contribution < 1.29 is 4.79 Å². The third kappa shape index (κ3) is 1.35. The molecule has 0 aliphatic heterocycles. The van der Waals surface area contributed by atoms with Gasteiger partial charge < -0.3 is 11.5 Å². The molecule has 3 nitrogen and oxygen atoms in total. The molecule has 0 saturated heterocycles. The van der Waals surface area contributed by atoms with E-state index in [2.05, 4.69) is 0 Å². The standard InChI is InChI=1S/C11H14N2O/c12-9-6-5-7-3-1-2-4-8(7)10(9)11(13)14/h5-6H,1-4,12H2,(H2,13,14). The molecule has 1 aliphatic carbocycles. The lowest BCUT2D eigenvalue weighted by atomic mass is 9.87. The normalized spacial score (nSPS) is 14.9. The predicted octanol–water partition coefficient (Wildman–Crippen LogP) is 1.25. The Balaban J connectivity index is 2.60. The van der Waals surface area contributed by atoms with E-state index in [0.29, 0.717) is 11.3 Å². The van der Waals surface area contributed by atoms with Crippen molar-refractivity contribution in [2.75, 3.05) is 5.73 Å². The average Bonchev–Trinajstić information content (AvgIpc) is 2.17. The van der Waals surface area contributed by atoms with Gasteiger partial charge in [-0.1, -0.05) is 6.07 Å². The minimum Gasteiger partial charge on any atom is -0.398 e. The van der Waals surface area contributed by atoms with Crippen molar-refractivity contribution in [1.29, 1.82) is 0 Å². The van der Waals surface area contributed by atoms with Crippen LogP contribution in [0, 0.1) is 0 Å². The quantitative estimate of drug-likeness (QED) is 0.654. The number of nitrogen functional groups attached to an aromatic ring is 1. The molecule has 1 aromatic rings. The number of carbonyl (C=O) groups excluding carboxylic acids is 1. The molecule has 1 amide bonds. The van der Waals surface area contributed by atoms with Gasteiger partial charge in [-0.25, -0.2) is 0 Å². The number of amides is 1. The van der Waals surface area contributed by atoms with Gasteiger partial charge in [0.15, 0.2) is 0 Å². The minimum absolute atomic E-state index is 0.402. The zero-order valence-corrected chi connectivity index (χ0v) is 8.05. The molecule has 74 valence electrons. The van der Waals surface area contributed by atoms with Crippen LogP contribution in [0.1, 0.15) is 34.3 Å². The second kappa shape index (κ2) is 3.33. The van der Waals surface area contributed by atoms with Crippen LogP contribution < -0.4 is 11.5 Å². The van der Waals surface area contributed by atoms with Gasteiger partial charge in [0.2, 0.25) is 0 Å². The number of hydrogen-bond acceptors (Lipinski definition) is 2. The van der Waals surface area contributed by atoms with Crippen molar-refractivity contribution in [3.8, 4) is 0 Å². The Hall–Kier alpha value is -1.51. The first kappa shape index (κ1) is 9.06. The molecular weight excluding hydrogens is 176 g/mol. The first-order chi connectivity index (χ1) is 6.70. The van der Waals surface area contributed by atoms with Crippen molar-refractivity contribution in [3.63, 3.8) is 0 Å². The van der Waals surface area contributed by atoms with E-state index in [0.717, 1.165) is 24.8 Å². The Kier molecular flexibility index (Phi) is 2.15. The second-order valence-electron chi connectivity index (χ2n) is 3.74. The highest BCUT2D eigenvalue weighted by Crippen LogP contribution is 2.27. The Labute approximate surface area is 83.1 Å². The molecule has 0 unspecified atom stereocenters. The van der Waals surface area contributed by atoms with Crippen LogP contribution in [0.4, 0.5) is 5.69 Å². The molecule has 0 atom stereocenters. The number of nitrogens with two attached hydrogens (primary N) is 2. The fourth-order valence-corrected chi connectivity index (χ4v) is 2.14. The van der Waals surface area contributed by atoms with E-state index >= 15 is 0 Å². The summed E-state index contributed by atoms with van der Waals surface area (Å²) in [4.78, 5) is 11.2. The van der Waals surface area contributed by atoms with E-state index in [1.807, 2.05) is 6.07 Å². The number of carbonyl (C=O) groups is 1. The molecular formula is C11H14N2O. The summed E-state index contributed by atoms with van der Waals surface area (Å²) in [5.41, 5.74) is 14.4. The fourth-order valence-electron chi connectivity index (χ4n) is 2.14. The van der Waals surface area contributed by atoms with Gasteiger partial charge in [-0.2, -0.15) is 0 Å². The van der Waals surface area contributed by atoms with E-state index in [-0.39, 0.29) is 0 Å². The maximum Gasteiger partial charge on any atom is 0.251 e. The highest BCUT2D eigenvalue weighted by Gasteiger charge is 2.18. The lowest BCUT2D eigenvalue weighted by Crippen LogP contribution is -2.19. The summed E-state index contributed by atoms with van der Waals surface area (Å²) in [6, 6.07) is 3.79. The van der Waals surface area contributed by atoms with Crippen molar-refractivity contribution >= 4 is 11.6 Å². The number of hydrogen-bond donors (Lipinski definition) is 2. The molecule has 0 spiro atoms. The lowest BCUT2D eigenvalue weighted by Gasteiger charge is -2.19. The summed E-state index contributed by atoms with van der Waals surface area (Å²) in [6.07, 6.45) is 4.28. The Bertz CT molecular complexity index is 385. The first-order valence-electron chi connectivity index (χ1n) is 4.90. The van der Waals surface area contributed by atoms with Gasteiger partial charge in [0.25, 0.3) is 5.91 Å². The molecule has 0 bridgehead atoms. The van der Waals surface area contributed by atoms with E-state index in [9.17, 15) is 4.79 Å². The predicted molar refractivity (Wildman–Crippen MR) is 56.0 cm³/mol. The van der Waals surface area contributed by atoms with E-state index in [1.54, 1.807) is 6.07 Å². The molecule has 0 heterocycles.